The summed E-state index contributed by atoms with van der Waals surface area (Å²) >= 11 is 0. The van der Waals surface area contributed by atoms with E-state index in [2.05, 4.69) is 57.7 Å². The second-order valence-electron chi connectivity index (χ2n) is 34.6. The second kappa shape index (κ2) is 44.6. The minimum Gasteiger partial charge on any atom is -0.460 e. The summed E-state index contributed by atoms with van der Waals surface area (Å²) in [4.78, 5) is 150. The molecule has 5 aromatic heterocycles. The lowest BCUT2D eigenvalue weighted by Gasteiger charge is -2.38. The Morgan fingerprint density at radius 1 is 0.703 bits per heavy atom. The average molecular weight is 1770 g/mol. The third-order valence-electron chi connectivity index (χ3n) is 25.3. The summed E-state index contributed by atoms with van der Waals surface area (Å²) in [6, 6.07) is 10.8. The van der Waals surface area contributed by atoms with E-state index < -0.39 is 84.0 Å². The fourth-order valence-electron chi connectivity index (χ4n) is 17.8. The maximum absolute atomic E-state index is 14.6. The Balaban J connectivity index is 0.514. The van der Waals surface area contributed by atoms with Gasteiger partial charge in [-0.2, -0.15) is 10.1 Å². The predicted molar refractivity (Wildman–Crippen MR) is 475 cm³/mol. The fraction of sp³-hybridized carbons (Fsp3) is 0.548. The van der Waals surface area contributed by atoms with E-state index in [4.69, 9.17) is 54.1 Å². The number of benzene rings is 2. The van der Waals surface area contributed by atoms with Crippen molar-refractivity contribution in [1.82, 2.24) is 65.1 Å². The predicted octanol–water partition coefficient (Wildman–Crippen LogP) is 8.70. The van der Waals surface area contributed by atoms with Crippen molar-refractivity contribution in [1.29, 1.82) is 0 Å². The largest absolute Gasteiger partial charge is 0.460 e. The summed E-state index contributed by atoms with van der Waals surface area (Å²) < 4.78 is 49.3. The Hall–Kier alpha value is -11.3. The Labute approximate surface area is 744 Å². The van der Waals surface area contributed by atoms with E-state index in [0.717, 1.165) is 22.3 Å². The molecule has 14 atom stereocenters. The number of cyclic esters (lactones) is 1. The molecule has 13 rings (SSSR count). The summed E-state index contributed by atoms with van der Waals surface area (Å²) in [5.41, 5.74) is 20.7. The number of piperazine rings is 1. The molecule has 5 aliphatic heterocycles. The highest BCUT2D eigenvalue weighted by atomic mass is 16.6. The van der Waals surface area contributed by atoms with Crippen LogP contribution in [0.5, 0.6) is 0 Å². The molecule has 6 aliphatic rings. The number of piperidine rings is 1. The van der Waals surface area contributed by atoms with Crippen molar-refractivity contribution in [3.05, 3.63) is 143 Å². The first kappa shape index (κ1) is 94.3. The number of aliphatic hydroxyl groups excluding tert-OH is 2. The van der Waals surface area contributed by atoms with Gasteiger partial charge in [-0.1, -0.05) is 82.4 Å². The quantitative estimate of drug-likeness (QED) is 0.0151. The molecule has 4 amide bonds. The normalized spacial score (nSPS) is 26.7. The van der Waals surface area contributed by atoms with Crippen LogP contribution in [-0.4, -0.2) is 253 Å². The third kappa shape index (κ3) is 24.3. The molecule has 1 saturated carbocycles. The van der Waals surface area contributed by atoms with E-state index in [1.165, 1.54) is 35.3 Å². The minimum atomic E-state index is -1.74. The Morgan fingerprint density at radius 2 is 1.45 bits per heavy atom. The molecule has 10 heterocycles. The highest BCUT2D eigenvalue weighted by Gasteiger charge is 2.45. The minimum absolute atomic E-state index is 0.00657. The molecule has 2 bridgehead atoms. The lowest BCUT2D eigenvalue weighted by Crippen LogP contribution is -2.55. The number of Topliss-reactive ketones (excluding diaryl/α,β-unsaturated/α-hetero) is 3. The number of nitrogen functional groups attached to an aromatic ring is 2. The second-order valence-corrected chi connectivity index (χ2v) is 34.6. The van der Waals surface area contributed by atoms with Crippen molar-refractivity contribution < 1.29 is 86.1 Å². The molecule has 2 aromatic carbocycles. The lowest BCUT2D eigenvalue weighted by molar-refractivity contribution is -0.169. The Kier molecular flexibility index (Phi) is 32.8. The van der Waals surface area contributed by atoms with Gasteiger partial charge in [-0.25, -0.2) is 44.2 Å². The molecule has 128 heavy (non-hydrogen) atoms. The van der Waals surface area contributed by atoms with Crippen LogP contribution in [0.4, 0.5) is 28.5 Å². The molecule has 0 spiro atoms. The standard InChI is InChI=1S/C93H121N17O18/c1-55-14-10-9-11-15-56(2)75(121-7)46-69-23-17-57(3)84(125-69)83(116)88(118)109-30-13-12-16-71(109)89(119)126-68(45-72(111)58(4)41-60(6)81(114)82(115)80(113)59(5)40-55)24-19-61-20-25-74(76(43-61)122-8)128-93(120)101-49-63-47-97-91(98-48-63)106-32-34-107(35-33-106)92-99-50-67(51-100-92)87(117)96-29-37-124-39-38-123-36-28-77(112)108-31-27-64-42-62(18-21-66(64)53-108)52-110-86-78(85(94)102-54-103-86)79(105-110)65-22-26-73-70(44-65)104-90(95)127-73/h9-11,14-15,18,21-22,26,41-42,44,47-48,50-51,54-55,57-59,61,68-69,71,74-76,81-82,84,114-115H,12-13,16-17,19-20,23-25,27-40,43,45-46,49,52-53H2,1-8H3,(H2,95,104)(H,96,117)(H,101,120)(H2,94,102,103)/b11-9+,14-10+,56-15+,60-41+/t55-,57-,58-,59-,61-,68-,69?,71+,74-,75+,76-,81-,82+,84?/m1/s1. The number of fused-ring (bicyclic) bond motifs is 6. The summed E-state index contributed by atoms with van der Waals surface area (Å²) in [6.45, 7) is 16.0. The number of carbonyl (C=O) groups excluding carboxylic acids is 8. The van der Waals surface area contributed by atoms with Crippen LogP contribution >= 0.6 is 0 Å². The van der Waals surface area contributed by atoms with Crippen LogP contribution in [0.25, 0.3) is 33.4 Å². The molecule has 35 heteroatoms. The molecule has 35 nitrogen and oxygen atoms in total. The van der Waals surface area contributed by atoms with E-state index in [-0.39, 0.29) is 131 Å². The van der Waals surface area contributed by atoms with Gasteiger partial charge < -0.3 is 89.5 Å². The number of ether oxygens (including phenoxy) is 7. The van der Waals surface area contributed by atoms with Crippen LogP contribution in [0.15, 0.2) is 120 Å². The topological polar surface area (TPSA) is 452 Å². The van der Waals surface area contributed by atoms with Gasteiger partial charge in [-0.15, -0.1) is 0 Å². The molecule has 4 fully saturated rings. The van der Waals surface area contributed by atoms with Crippen LogP contribution in [-0.2, 0) is 88.0 Å². The van der Waals surface area contributed by atoms with E-state index in [0.29, 0.717) is 173 Å². The van der Waals surface area contributed by atoms with Gasteiger partial charge in [0.2, 0.25) is 23.6 Å². The molecular formula is C93H121N17O18. The zero-order valence-corrected chi connectivity index (χ0v) is 74.3. The maximum Gasteiger partial charge on any atom is 0.407 e. The Bertz CT molecular complexity index is 5170. The highest BCUT2D eigenvalue weighted by Crippen LogP contribution is 2.38. The number of ketones is 3. The summed E-state index contributed by atoms with van der Waals surface area (Å²) in [7, 11) is 3.17. The number of nitrogens with zero attached hydrogens (tertiary/aromatic N) is 13. The monoisotopic (exact) mass is 1760 g/mol. The number of oxazole rings is 1. The van der Waals surface area contributed by atoms with E-state index in [1.807, 2.05) is 88.7 Å². The van der Waals surface area contributed by atoms with Crippen LogP contribution < -0.4 is 31.9 Å². The van der Waals surface area contributed by atoms with Gasteiger partial charge in [0.15, 0.2) is 17.0 Å². The smallest absolute Gasteiger partial charge is 0.407 e. The number of amides is 4. The van der Waals surface area contributed by atoms with Gasteiger partial charge in [0.1, 0.15) is 65.7 Å². The maximum atomic E-state index is 14.6. The number of nitrogens with two attached hydrogens (primary N) is 2. The van der Waals surface area contributed by atoms with Crippen LogP contribution in [0.3, 0.4) is 0 Å². The molecule has 0 radical (unpaired) electrons. The van der Waals surface area contributed by atoms with Crippen LogP contribution in [0.2, 0.25) is 0 Å². The number of nitrogens with one attached hydrogen (secondary N) is 2. The number of hydrogen-bond acceptors (Lipinski definition) is 30. The Morgan fingerprint density at radius 3 is 2.20 bits per heavy atom. The van der Waals surface area contributed by atoms with Crippen molar-refractivity contribution in [2.24, 2.45) is 29.6 Å². The number of alkyl carbamates (subject to hydrolysis) is 1. The van der Waals surface area contributed by atoms with Gasteiger partial charge in [0, 0.05) is 134 Å². The van der Waals surface area contributed by atoms with Gasteiger partial charge in [-0.05, 0) is 155 Å². The molecule has 3 saturated heterocycles. The molecule has 1 aliphatic carbocycles. The van der Waals surface area contributed by atoms with Crippen molar-refractivity contribution in [3.63, 3.8) is 0 Å². The average Bonchev–Trinajstić information content (AvgIpc) is 1.61. The number of anilines is 4. The van der Waals surface area contributed by atoms with Crippen LogP contribution in [0.1, 0.15) is 164 Å². The molecule has 7 aromatic rings. The molecule has 2 unspecified atom stereocenters. The first-order valence-corrected chi connectivity index (χ1v) is 44.7. The van der Waals surface area contributed by atoms with Crippen molar-refractivity contribution >= 4 is 93.0 Å². The first-order chi connectivity index (χ1) is 61.8. The SMILES string of the molecule is CO[C@H]1CC2CC[C@@H](C)C(O2)C(=O)C(=O)N2CCCC[C@H]2C(=O)O[C@H](CC[C@@H]2CC[C@@H](OC(=O)NCc3cnc(N4CCN(c5ncc(C(=O)NCCOCCOCCC(=O)N6CCc7cc(Cn8nc(-c9ccc%10oc(N)nc%10c9)c9c(N)ncnc98)ccc7C6)cn5)CC4)nc3)[C@H](OC)C2)CC(=O)[C@H](C)/C=C(\C)[C@@H](O)[C@@H](O)C(=O)[C@H](C)C[C@H](C)/C=C/C=C/C=C/1C. The summed E-state index contributed by atoms with van der Waals surface area (Å²) in [5, 5.41) is 33.8. The number of allylic oxidation sites excluding steroid dienone is 6. The third-order valence-corrected chi connectivity index (χ3v) is 25.3. The zero-order valence-electron chi connectivity index (χ0n) is 74.3. The fourth-order valence-corrected chi connectivity index (χ4v) is 17.8. The van der Waals surface area contributed by atoms with Gasteiger partial charge in [-0.3, -0.25) is 28.8 Å². The highest BCUT2D eigenvalue weighted by molar-refractivity contribution is 6.38. The number of aliphatic hydroxyl groups is 2. The molecule has 686 valence electrons. The zero-order chi connectivity index (χ0) is 90.7. The summed E-state index contributed by atoms with van der Waals surface area (Å²) in [5.74, 6) is -3.95. The lowest BCUT2D eigenvalue weighted by atomic mass is 9.81. The molecule has 8 N–H and O–H groups in total. The van der Waals surface area contributed by atoms with Crippen molar-refractivity contribution in [2.75, 3.05) is 108 Å². The summed E-state index contributed by atoms with van der Waals surface area (Å²) in [6.07, 6.45) is 17.4. The first-order valence-electron chi connectivity index (χ1n) is 44.7. The number of hydrogen-bond donors (Lipinski definition) is 6. The van der Waals surface area contributed by atoms with Crippen LogP contribution in [0, 0.1) is 29.6 Å². The van der Waals surface area contributed by atoms with Crippen molar-refractivity contribution in [2.45, 2.75) is 212 Å². The van der Waals surface area contributed by atoms with E-state index in [9.17, 15) is 48.6 Å². The number of rotatable bonds is 23. The van der Waals surface area contributed by atoms with Gasteiger partial charge >= 0.3 is 12.1 Å². The van der Waals surface area contributed by atoms with Gasteiger partial charge in [0.25, 0.3) is 17.8 Å². The number of esters is 1. The van der Waals surface area contributed by atoms with E-state index >= 15 is 0 Å². The number of aromatic nitrogens is 9. The van der Waals surface area contributed by atoms with Crippen molar-refractivity contribution in [3.8, 4) is 11.3 Å². The number of methoxy groups -OCH3 is 2. The van der Waals surface area contributed by atoms with Gasteiger partial charge in [0.05, 0.1) is 68.7 Å². The van der Waals surface area contributed by atoms with E-state index in [1.54, 1.807) is 53.5 Å². The number of carbonyl (C=O) groups is 8. The molecular weight excluding hydrogens is 1640 g/mol.